The molecule has 15 heavy (non-hydrogen) atoms. The second-order valence-electron chi connectivity index (χ2n) is 3.28. The van der Waals surface area contributed by atoms with Crippen LogP contribution in [-0.4, -0.2) is 11.5 Å². The quantitative estimate of drug-likeness (QED) is 0.700. The van der Waals surface area contributed by atoms with Crippen molar-refractivity contribution in [3.63, 3.8) is 0 Å². The van der Waals surface area contributed by atoms with Gasteiger partial charge in [-0.1, -0.05) is 23.2 Å². The maximum atomic E-state index is 13.1. The number of aliphatic imine (C=N–C) groups is 1. The maximum Gasteiger partial charge on any atom is 0.142 e. The van der Waals surface area contributed by atoms with Crippen LogP contribution in [-0.2, 0) is 11.2 Å². The lowest BCUT2D eigenvalue weighted by Crippen LogP contribution is -2.17. The van der Waals surface area contributed by atoms with Gasteiger partial charge >= 0.3 is 0 Å². The molecule has 2 nitrogen and oxygen atoms in total. The first-order valence-corrected chi connectivity index (χ1v) is 5.04. The minimum atomic E-state index is -0.506. The zero-order valence-electron chi connectivity index (χ0n) is 7.51. The predicted molar refractivity (Wildman–Crippen MR) is 57.6 cm³/mol. The van der Waals surface area contributed by atoms with E-state index in [4.69, 9.17) is 23.2 Å². The van der Waals surface area contributed by atoms with E-state index in [1.807, 2.05) is 0 Å². The lowest BCUT2D eigenvalue weighted by atomic mass is 9.97. The van der Waals surface area contributed by atoms with Gasteiger partial charge in [0, 0.05) is 0 Å². The van der Waals surface area contributed by atoms with Gasteiger partial charge in [0.15, 0.2) is 0 Å². The first-order valence-electron chi connectivity index (χ1n) is 4.29. The number of hydrogen-bond donors (Lipinski definition) is 0. The van der Waals surface area contributed by atoms with Crippen molar-refractivity contribution in [3.05, 3.63) is 28.5 Å². The molecule has 1 aliphatic heterocycles. The van der Waals surface area contributed by atoms with E-state index >= 15 is 0 Å². The molecule has 78 valence electrons. The molecular formula is C10H6Cl2FNO. The van der Waals surface area contributed by atoms with Crippen LogP contribution in [0.2, 0.25) is 5.02 Å². The van der Waals surface area contributed by atoms with Crippen molar-refractivity contribution < 1.29 is 9.18 Å². The van der Waals surface area contributed by atoms with E-state index in [-0.39, 0.29) is 10.2 Å². The molecule has 0 aromatic heterocycles. The zero-order valence-corrected chi connectivity index (χ0v) is 9.02. The molecule has 1 aromatic carbocycles. The third-order valence-electron chi connectivity index (χ3n) is 2.26. The number of benzene rings is 1. The van der Waals surface area contributed by atoms with Crippen LogP contribution in [0.1, 0.15) is 5.56 Å². The summed E-state index contributed by atoms with van der Waals surface area (Å²) in [5.74, 6) is -0.979. The molecule has 0 fully saturated rings. The highest BCUT2D eigenvalue weighted by molar-refractivity contribution is 6.67. The van der Waals surface area contributed by atoms with Crippen LogP contribution in [0.15, 0.2) is 17.1 Å². The SMILES string of the molecule is O=CC1Cc2cc(F)c(Cl)cc2N=C1Cl. The van der Waals surface area contributed by atoms with E-state index in [0.29, 0.717) is 24.0 Å². The molecule has 1 aliphatic rings. The number of carbonyl (C=O) groups excluding carboxylic acids is 1. The molecule has 1 unspecified atom stereocenters. The number of nitrogens with zero attached hydrogens (tertiary/aromatic N) is 1. The van der Waals surface area contributed by atoms with Gasteiger partial charge in [-0.15, -0.1) is 0 Å². The monoisotopic (exact) mass is 245 g/mol. The molecule has 2 rings (SSSR count). The van der Waals surface area contributed by atoms with Crippen molar-refractivity contribution in [3.8, 4) is 0 Å². The number of aldehydes is 1. The molecule has 1 aromatic rings. The Morgan fingerprint density at radius 1 is 1.47 bits per heavy atom. The largest absolute Gasteiger partial charge is 0.303 e. The van der Waals surface area contributed by atoms with Gasteiger partial charge in [0.1, 0.15) is 17.3 Å². The molecule has 0 amide bonds. The molecule has 0 bridgehead atoms. The Hall–Kier alpha value is -0.930. The Labute approximate surface area is 95.7 Å². The van der Waals surface area contributed by atoms with Crippen LogP contribution in [0.25, 0.3) is 0 Å². The summed E-state index contributed by atoms with van der Waals surface area (Å²) in [7, 11) is 0. The number of hydrogen-bond acceptors (Lipinski definition) is 2. The van der Waals surface area contributed by atoms with Gasteiger partial charge in [-0.3, -0.25) is 0 Å². The average Bonchev–Trinajstić information content (AvgIpc) is 2.20. The van der Waals surface area contributed by atoms with Crippen molar-refractivity contribution >= 4 is 40.3 Å². The number of halogens is 3. The summed E-state index contributed by atoms with van der Waals surface area (Å²) in [4.78, 5) is 14.6. The molecule has 1 heterocycles. The Bertz CT molecular complexity index is 459. The highest BCUT2D eigenvalue weighted by Gasteiger charge is 2.22. The van der Waals surface area contributed by atoms with E-state index < -0.39 is 11.7 Å². The molecule has 0 spiro atoms. The average molecular weight is 246 g/mol. The Morgan fingerprint density at radius 3 is 2.87 bits per heavy atom. The molecule has 1 atom stereocenters. The van der Waals surface area contributed by atoms with Crippen LogP contribution in [0.3, 0.4) is 0 Å². The van der Waals surface area contributed by atoms with Crippen LogP contribution < -0.4 is 0 Å². The lowest BCUT2D eigenvalue weighted by Gasteiger charge is -2.17. The number of fused-ring (bicyclic) bond motifs is 1. The number of carbonyl (C=O) groups is 1. The van der Waals surface area contributed by atoms with Gasteiger partial charge in [-0.05, 0) is 24.1 Å². The Balaban J connectivity index is 2.52. The minimum Gasteiger partial charge on any atom is -0.303 e. The summed E-state index contributed by atoms with van der Waals surface area (Å²) in [5, 5.41) is 0.228. The lowest BCUT2D eigenvalue weighted by molar-refractivity contribution is -0.109. The topological polar surface area (TPSA) is 29.4 Å². The van der Waals surface area contributed by atoms with Gasteiger partial charge in [-0.25, -0.2) is 9.38 Å². The van der Waals surface area contributed by atoms with Crippen molar-refractivity contribution in [1.82, 2.24) is 0 Å². The first-order chi connectivity index (χ1) is 7.11. The van der Waals surface area contributed by atoms with Crippen LogP contribution >= 0.6 is 23.2 Å². The van der Waals surface area contributed by atoms with E-state index in [0.717, 1.165) is 0 Å². The summed E-state index contributed by atoms with van der Waals surface area (Å²) in [6.45, 7) is 0. The first kappa shape index (κ1) is 10.6. The van der Waals surface area contributed by atoms with E-state index in [1.54, 1.807) is 0 Å². The summed E-state index contributed by atoms with van der Waals surface area (Å²) in [6, 6.07) is 2.70. The minimum absolute atomic E-state index is 0.00604. The van der Waals surface area contributed by atoms with Crippen molar-refractivity contribution in [2.45, 2.75) is 6.42 Å². The molecule has 0 N–H and O–H groups in total. The van der Waals surface area contributed by atoms with Gasteiger partial charge < -0.3 is 4.79 Å². The van der Waals surface area contributed by atoms with E-state index in [2.05, 4.69) is 4.99 Å². The van der Waals surface area contributed by atoms with E-state index in [1.165, 1.54) is 12.1 Å². The standard InChI is InChI=1S/C10H6Cl2FNO/c11-7-3-9-5(2-8(7)13)1-6(4-15)10(12)14-9/h2-4,6H,1H2. The Kier molecular flexibility index (Phi) is 2.76. The van der Waals surface area contributed by atoms with Gasteiger partial charge in [-0.2, -0.15) is 0 Å². The predicted octanol–water partition coefficient (Wildman–Crippen LogP) is 3.12. The Morgan fingerprint density at radius 2 is 2.20 bits per heavy atom. The second kappa shape index (κ2) is 3.91. The summed E-state index contributed by atoms with van der Waals surface area (Å²) in [5.41, 5.74) is 1.18. The van der Waals surface area contributed by atoms with E-state index in [9.17, 15) is 9.18 Å². The van der Waals surface area contributed by atoms with Crippen molar-refractivity contribution in [1.29, 1.82) is 0 Å². The molecule has 5 heteroatoms. The molecular weight excluding hydrogens is 240 g/mol. The molecule has 0 radical (unpaired) electrons. The zero-order chi connectivity index (χ0) is 11.0. The summed E-state index contributed by atoms with van der Waals surface area (Å²) >= 11 is 11.4. The summed E-state index contributed by atoms with van der Waals surface area (Å²) < 4.78 is 13.1. The van der Waals surface area contributed by atoms with Crippen molar-refractivity contribution in [2.24, 2.45) is 10.9 Å². The third kappa shape index (κ3) is 1.90. The van der Waals surface area contributed by atoms with Gasteiger partial charge in [0.2, 0.25) is 0 Å². The molecule has 0 aliphatic carbocycles. The van der Waals surface area contributed by atoms with Gasteiger partial charge in [0.25, 0.3) is 0 Å². The second-order valence-corrected chi connectivity index (χ2v) is 4.07. The van der Waals surface area contributed by atoms with Gasteiger partial charge in [0.05, 0.1) is 16.6 Å². The molecule has 0 saturated heterocycles. The smallest absolute Gasteiger partial charge is 0.142 e. The fraction of sp³-hybridized carbons (Fsp3) is 0.200. The highest BCUT2D eigenvalue weighted by atomic mass is 35.5. The maximum absolute atomic E-state index is 13.1. The van der Waals surface area contributed by atoms with Crippen LogP contribution in [0.5, 0.6) is 0 Å². The van der Waals surface area contributed by atoms with Crippen molar-refractivity contribution in [2.75, 3.05) is 0 Å². The highest BCUT2D eigenvalue weighted by Crippen LogP contribution is 2.33. The molecule has 0 saturated carbocycles. The third-order valence-corrected chi connectivity index (χ3v) is 2.91. The van der Waals surface area contributed by atoms with Crippen LogP contribution in [0.4, 0.5) is 10.1 Å². The fourth-order valence-corrected chi connectivity index (χ4v) is 1.85. The van der Waals surface area contributed by atoms with Crippen LogP contribution in [0, 0.1) is 11.7 Å². The summed E-state index contributed by atoms with van der Waals surface area (Å²) in [6.07, 6.45) is 1.08. The number of rotatable bonds is 1. The normalized spacial score (nSPS) is 19.4. The fourth-order valence-electron chi connectivity index (χ4n) is 1.47.